The van der Waals surface area contributed by atoms with Crippen LogP contribution in [0.25, 0.3) is 5.69 Å². The number of halogens is 3. The molecule has 0 radical (unpaired) electrons. The van der Waals surface area contributed by atoms with E-state index in [1.165, 1.54) is 24.3 Å². The van der Waals surface area contributed by atoms with E-state index in [-0.39, 0.29) is 18.5 Å². The summed E-state index contributed by atoms with van der Waals surface area (Å²) in [6, 6.07) is 4.29. The summed E-state index contributed by atoms with van der Waals surface area (Å²) in [5.74, 6) is 0.236. The number of hydrogen-bond donors (Lipinski definition) is 0. The maximum Gasteiger partial charge on any atom is 0.419 e. The molecule has 32 heavy (non-hydrogen) atoms. The van der Waals surface area contributed by atoms with E-state index in [9.17, 15) is 18.0 Å². The maximum absolute atomic E-state index is 13.3. The van der Waals surface area contributed by atoms with Crippen molar-refractivity contribution in [2.75, 3.05) is 20.3 Å². The first-order chi connectivity index (χ1) is 15.2. The molecule has 12 heteroatoms. The molecule has 2 aromatic heterocycles. The molecule has 0 unspecified atom stereocenters. The van der Waals surface area contributed by atoms with E-state index in [4.69, 9.17) is 9.47 Å². The molecule has 170 valence electrons. The van der Waals surface area contributed by atoms with Gasteiger partial charge in [0, 0.05) is 25.0 Å². The van der Waals surface area contributed by atoms with Gasteiger partial charge in [0.05, 0.1) is 36.7 Å². The predicted molar refractivity (Wildman–Crippen MR) is 107 cm³/mol. The summed E-state index contributed by atoms with van der Waals surface area (Å²) in [6.45, 7) is 3.89. The van der Waals surface area contributed by atoms with Crippen LogP contribution in [0.2, 0.25) is 0 Å². The van der Waals surface area contributed by atoms with Crippen molar-refractivity contribution in [1.29, 1.82) is 0 Å². The molecule has 0 spiro atoms. The number of aromatic nitrogens is 5. The molecule has 0 saturated carbocycles. The molecule has 3 aromatic rings. The molecule has 0 N–H and O–H groups in total. The van der Waals surface area contributed by atoms with Gasteiger partial charge in [-0.3, -0.25) is 4.79 Å². The zero-order valence-electron chi connectivity index (χ0n) is 17.6. The number of hydrogen-bond acceptors (Lipinski definition) is 7. The van der Waals surface area contributed by atoms with E-state index in [0.29, 0.717) is 35.9 Å². The highest BCUT2D eigenvalue weighted by Gasteiger charge is 2.31. The highest BCUT2D eigenvalue weighted by molar-refractivity contribution is 5.98. The Kier molecular flexibility index (Phi) is 6.91. The van der Waals surface area contributed by atoms with Crippen molar-refractivity contribution in [2.24, 2.45) is 0 Å². The Morgan fingerprint density at radius 3 is 2.41 bits per heavy atom. The molecular formula is C20H21F3N6O3. The van der Waals surface area contributed by atoms with Crippen molar-refractivity contribution in [3.8, 4) is 17.4 Å². The Hall–Kier alpha value is -3.70. The minimum Gasteiger partial charge on any atom is -0.497 e. The second-order valence-electron chi connectivity index (χ2n) is 6.70. The third kappa shape index (κ3) is 5.13. The van der Waals surface area contributed by atoms with Crippen LogP contribution in [-0.4, -0.2) is 62.1 Å². The fourth-order valence-electron chi connectivity index (χ4n) is 2.96. The topological polar surface area (TPSA) is 95.3 Å². The summed E-state index contributed by atoms with van der Waals surface area (Å²) >= 11 is 0. The minimum absolute atomic E-state index is 0.0174. The first-order valence-corrected chi connectivity index (χ1v) is 9.62. The molecule has 3 rings (SSSR count). The zero-order valence-corrected chi connectivity index (χ0v) is 17.6. The molecular weight excluding hydrogens is 429 g/mol. The number of carbonyl (C=O) groups excluding carboxylic acids is 1. The Bertz CT molecular complexity index is 1040. The number of rotatable bonds is 8. The van der Waals surface area contributed by atoms with Crippen molar-refractivity contribution in [3.63, 3.8) is 0 Å². The van der Waals surface area contributed by atoms with Gasteiger partial charge in [0.1, 0.15) is 18.0 Å². The number of likely N-dealkylation sites (N-methyl/N-ethyl adjacent to an activating group) is 1. The molecule has 1 aromatic carbocycles. The molecule has 0 aliphatic heterocycles. The monoisotopic (exact) mass is 450 g/mol. The van der Waals surface area contributed by atoms with E-state index in [0.717, 1.165) is 0 Å². The molecule has 9 nitrogen and oxygen atoms in total. The summed E-state index contributed by atoms with van der Waals surface area (Å²) in [5, 5.41) is 8.19. The summed E-state index contributed by atoms with van der Waals surface area (Å²) < 4.78 is 48.6. The van der Waals surface area contributed by atoms with Crippen LogP contribution in [0, 0.1) is 0 Å². The number of ether oxygens (including phenoxy) is 2. The van der Waals surface area contributed by atoms with Gasteiger partial charge in [-0.05, 0) is 26.0 Å². The lowest BCUT2D eigenvalue weighted by Gasteiger charge is -2.28. The van der Waals surface area contributed by atoms with Crippen molar-refractivity contribution in [2.45, 2.75) is 26.1 Å². The molecule has 0 bridgehead atoms. The van der Waals surface area contributed by atoms with Crippen LogP contribution >= 0.6 is 0 Å². The van der Waals surface area contributed by atoms with Crippen LogP contribution in [-0.2, 0) is 6.18 Å². The molecule has 0 aliphatic rings. The zero-order chi connectivity index (χ0) is 23.3. The van der Waals surface area contributed by atoms with E-state index < -0.39 is 17.8 Å². The lowest BCUT2D eigenvalue weighted by atomic mass is 10.1. The van der Waals surface area contributed by atoms with Gasteiger partial charge in [-0.15, -0.1) is 0 Å². The Morgan fingerprint density at radius 2 is 1.84 bits per heavy atom. The van der Waals surface area contributed by atoms with E-state index >= 15 is 0 Å². The van der Waals surface area contributed by atoms with Gasteiger partial charge in [-0.25, -0.2) is 9.97 Å². The number of alkyl halides is 3. The normalized spacial score (nSPS) is 12.3. The van der Waals surface area contributed by atoms with Gasteiger partial charge >= 0.3 is 12.2 Å². The van der Waals surface area contributed by atoms with Crippen LogP contribution in [0.15, 0.2) is 43.0 Å². The lowest BCUT2D eigenvalue weighted by Crippen LogP contribution is -2.42. The fourth-order valence-corrected chi connectivity index (χ4v) is 2.96. The van der Waals surface area contributed by atoms with Crippen molar-refractivity contribution in [1.82, 2.24) is 29.9 Å². The lowest BCUT2D eigenvalue weighted by molar-refractivity contribution is -0.138. The van der Waals surface area contributed by atoms with Crippen LogP contribution in [0.3, 0.4) is 0 Å². The number of methoxy groups -OCH3 is 1. The van der Waals surface area contributed by atoms with Crippen LogP contribution < -0.4 is 9.47 Å². The average molecular weight is 450 g/mol. The first kappa shape index (κ1) is 23.0. The van der Waals surface area contributed by atoms with Gasteiger partial charge in [0.15, 0.2) is 0 Å². The molecule has 1 atom stereocenters. The van der Waals surface area contributed by atoms with Crippen LogP contribution in [0.5, 0.6) is 11.8 Å². The third-order valence-electron chi connectivity index (χ3n) is 4.61. The Balaban J connectivity index is 1.76. The summed E-state index contributed by atoms with van der Waals surface area (Å²) in [7, 11) is 1.51. The second-order valence-corrected chi connectivity index (χ2v) is 6.70. The van der Waals surface area contributed by atoms with Crippen molar-refractivity contribution >= 4 is 5.91 Å². The SMILES string of the molecule is CCN(C(=O)c1ccc(OC)cc1-n1nccn1)[C@@H](C)COc1ncc(C(F)(F)F)cn1. The number of nitrogens with zero attached hydrogens (tertiary/aromatic N) is 6. The van der Waals surface area contributed by atoms with Crippen molar-refractivity contribution < 1.29 is 27.4 Å². The van der Waals surface area contributed by atoms with Gasteiger partial charge in [-0.2, -0.15) is 28.2 Å². The predicted octanol–water partition coefficient (Wildman–Crippen LogP) is 3.01. The highest BCUT2D eigenvalue weighted by atomic mass is 19.4. The molecule has 2 heterocycles. The second kappa shape index (κ2) is 9.62. The standard InChI is InChI=1S/C20H21F3N6O3/c1-4-28(13(2)12-32-19-24-10-14(11-25-19)20(21,22)23)18(30)16-6-5-15(31-3)9-17(16)29-26-7-8-27-29/h5-11,13H,4,12H2,1-3H3/t13-/m0/s1. The van der Waals surface area contributed by atoms with Gasteiger partial charge in [-0.1, -0.05) is 0 Å². The summed E-state index contributed by atoms with van der Waals surface area (Å²) in [6.07, 6.45) is -0.249. The van der Waals surface area contributed by atoms with Crippen LogP contribution in [0.4, 0.5) is 13.2 Å². The maximum atomic E-state index is 13.3. The number of benzene rings is 1. The van der Waals surface area contributed by atoms with Gasteiger partial charge < -0.3 is 14.4 Å². The quantitative estimate of drug-likeness (QED) is 0.521. The summed E-state index contributed by atoms with van der Waals surface area (Å²) in [5.41, 5.74) is -0.180. The largest absolute Gasteiger partial charge is 0.497 e. The smallest absolute Gasteiger partial charge is 0.419 e. The van der Waals surface area contributed by atoms with Crippen LogP contribution in [0.1, 0.15) is 29.8 Å². The van der Waals surface area contributed by atoms with E-state index in [1.807, 2.05) is 0 Å². The van der Waals surface area contributed by atoms with E-state index in [1.54, 1.807) is 36.9 Å². The summed E-state index contributed by atoms with van der Waals surface area (Å²) in [4.78, 5) is 23.3. The average Bonchev–Trinajstić information content (AvgIpc) is 3.32. The fraction of sp³-hybridized carbons (Fsp3) is 0.350. The molecule has 0 fully saturated rings. The number of carbonyl (C=O) groups is 1. The van der Waals surface area contributed by atoms with Gasteiger partial charge in [0.25, 0.3) is 5.91 Å². The third-order valence-corrected chi connectivity index (χ3v) is 4.61. The Morgan fingerprint density at radius 1 is 1.19 bits per heavy atom. The molecule has 1 amide bonds. The van der Waals surface area contributed by atoms with E-state index in [2.05, 4.69) is 20.2 Å². The number of amides is 1. The highest BCUT2D eigenvalue weighted by Crippen LogP contribution is 2.28. The molecule has 0 saturated heterocycles. The Labute approximate surface area is 181 Å². The molecule has 0 aliphatic carbocycles. The van der Waals surface area contributed by atoms with Crippen molar-refractivity contribution in [3.05, 3.63) is 54.1 Å². The van der Waals surface area contributed by atoms with Gasteiger partial charge in [0.2, 0.25) is 0 Å². The minimum atomic E-state index is -4.53. The first-order valence-electron chi connectivity index (χ1n) is 9.62.